The zero-order valence-corrected chi connectivity index (χ0v) is 11.4. The van der Waals surface area contributed by atoms with Crippen LogP contribution in [0.1, 0.15) is 0 Å². The van der Waals surface area contributed by atoms with Crippen LogP contribution in [0.25, 0.3) is 0 Å². The number of anilines is 2. The van der Waals surface area contributed by atoms with Gasteiger partial charge < -0.3 is 5.32 Å². The molecule has 1 rings (SSSR count). The first-order chi connectivity index (χ1) is 7.81. The molecule has 0 saturated carbocycles. The average Bonchev–Trinajstić information content (AvgIpc) is 2.20. The number of hydrogen-bond donors (Lipinski definition) is 2. The molecule has 1 aromatic rings. The van der Waals surface area contributed by atoms with Gasteiger partial charge in [0.1, 0.15) is 0 Å². The summed E-state index contributed by atoms with van der Waals surface area (Å²) < 4.78 is 25.0. The molecule has 1 aromatic carbocycles. The zero-order valence-electron chi connectivity index (χ0n) is 9.03. The Bertz CT molecular complexity index is 555. The number of sulfonamides is 1. The Kier molecular flexibility index (Phi) is 4.30. The second kappa shape index (κ2) is 5.33. The molecular weight excluding hydrogens is 308 g/mol. The number of halogens is 1. The van der Waals surface area contributed by atoms with Gasteiger partial charge in [-0.2, -0.15) is 0 Å². The summed E-state index contributed by atoms with van der Waals surface area (Å²) in [6, 6.07) is 4.72. The second-order valence-electron chi connectivity index (χ2n) is 3.26. The number of amides is 1. The van der Waals surface area contributed by atoms with E-state index in [1.807, 2.05) is 0 Å². The summed E-state index contributed by atoms with van der Waals surface area (Å²) in [6.45, 7) is 3.33. The Labute approximate surface area is 108 Å². The van der Waals surface area contributed by atoms with Gasteiger partial charge in [-0.05, 0) is 40.2 Å². The third kappa shape index (κ3) is 4.58. The molecule has 7 heteroatoms. The minimum absolute atomic E-state index is 0.333. The summed E-state index contributed by atoms with van der Waals surface area (Å²) in [5, 5.41) is 2.56. The van der Waals surface area contributed by atoms with Crippen LogP contribution >= 0.6 is 15.9 Å². The van der Waals surface area contributed by atoms with Crippen molar-refractivity contribution in [2.45, 2.75) is 0 Å². The average molecular weight is 319 g/mol. The number of benzene rings is 1. The van der Waals surface area contributed by atoms with Crippen molar-refractivity contribution in [1.82, 2.24) is 0 Å². The van der Waals surface area contributed by atoms with Gasteiger partial charge in [0.25, 0.3) is 0 Å². The zero-order chi connectivity index (χ0) is 13.1. The number of carbonyl (C=O) groups is 1. The van der Waals surface area contributed by atoms with Crippen molar-refractivity contribution in [1.29, 1.82) is 0 Å². The van der Waals surface area contributed by atoms with Gasteiger partial charge >= 0.3 is 0 Å². The molecule has 5 nitrogen and oxygen atoms in total. The Morgan fingerprint density at radius 2 is 2.12 bits per heavy atom. The number of nitrogens with one attached hydrogen (secondary N) is 2. The third-order valence-electron chi connectivity index (χ3n) is 1.72. The molecule has 0 unspecified atom stereocenters. The maximum atomic E-state index is 11.1. The topological polar surface area (TPSA) is 75.3 Å². The minimum atomic E-state index is -3.32. The Balaban J connectivity index is 2.94. The van der Waals surface area contributed by atoms with E-state index in [4.69, 9.17) is 0 Å². The van der Waals surface area contributed by atoms with Crippen molar-refractivity contribution in [2.24, 2.45) is 0 Å². The van der Waals surface area contributed by atoms with E-state index in [2.05, 4.69) is 32.5 Å². The maximum absolute atomic E-state index is 11.1. The van der Waals surface area contributed by atoms with E-state index in [1.165, 1.54) is 0 Å². The van der Waals surface area contributed by atoms with E-state index in [9.17, 15) is 13.2 Å². The van der Waals surface area contributed by atoms with Gasteiger partial charge in [0, 0.05) is 10.2 Å². The van der Waals surface area contributed by atoms with Crippen LogP contribution in [0.3, 0.4) is 0 Å². The lowest BCUT2D eigenvalue weighted by Crippen LogP contribution is -2.11. The Morgan fingerprint density at radius 1 is 1.47 bits per heavy atom. The summed E-state index contributed by atoms with van der Waals surface area (Å²) >= 11 is 3.21. The van der Waals surface area contributed by atoms with Crippen LogP contribution in [-0.4, -0.2) is 20.6 Å². The van der Waals surface area contributed by atoms with Crippen molar-refractivity contribution in [3.05, 3.63) is 35.3 Å². The second-order valence-corrected chi connectivity index (χ2v) is 5.87. The van der Waals surface area contributed by atoms with Crippen LogP contribution in [0.2, 0.25) is 0 Å². The lowest BCUT2D eigenvalue weighted by atomic mass is 10.3. The molecule has 0 bridgehead atoms. The Morgan fingerprint density at radius 3 is 2.59 bits per heavy atom. The molecule has 17 heavy (non-hydrogen) atoms. The highest BCUT2D eigenvalue weighted by Gasteiger charge is 2.07. The fraction of sp³-hybridized carbons (Fsp3) is 0.100. The van der Waals surface area contributed by atoms with Gasteiger partial charge in [-0.25, -0.2) is 8.42 Å². The fourth-order valence-corrected chi connectivity index (χ4v) is 2.26. The molecule has 0 atom stereocenters. The molecule has 1 amide bonds. The summed E-state index contributed by atoms with van der Waals surface area (Å²) in [7, 11) is -3.32. The van der Waals surface area contributed by atoms with Gasteiger partial charge in [-0.3, -0.25) is 9.52 Å². The van der Waals surface area contributed by atoms with E-state index in [0.29, 0.717) is 15.8 Å². The fourth-order valence-electron chi connectivity index (χ4n) is 1.07. The standard InChI is InChI=1S/C10H11BrN2O3S/c1-3-10(14)12-7-4-5-9(8(11)6-7)13-17(2,15)16/h3-6,13H,1H2,2H3,(H,12,14). The molecule has 92 valence electrons. The molecular formula is C10H11BrN2O3S. The molecule has 0 aliphatic rings. The molecule has 0 aromatic heterocycles. The quantitative estimate of drug-likeness (QED) is 0.833. The van der Waals surface area contributed by atoms with E-state index >= 15 is 0 Å². The summed E-state index contributed by atoms with van der Waals surface area (Å²) in [6.07, 6.45) is 2.21. The van der Waals surface area contributed by atoms with Crippen LogP contribution in [0, 0.1) is 0 Å². The molecule has 0 aliphatic heterocycles. The first-order valence-electron chi connectivity index (χ1n) is 4.52. The largest absolute Gasteiger partial charge is 0.322 e. The predicted octanol–water partition coefficient (Wildman–Crippen LogP) is 1.95. The SMILES string of the molecule is C=CC(=O)Nc1ccc(NS(C)(=O)=O)c(Br)c1. The number of hydrogen-bond acceptors (Lipinski definition) is 3. The van der Waals surface area contributed by atoms with Crippen molar-refractivity contribution >= 4 is 43.2 Å². The van der Waals surface area contributed by atoms with Crippen molar-refractivity contribution in [3.63, 3.8) is 0 Å². The van der Waals surface area contributed by atoms with Gasteiger partial charge in [-0.1, -0.05) is 6.58 Å². The number of carbonyl (C=O) groups excluding carboxylic acids is 1. The van der Waals surface area contributed by atoms with Crippen LogP contribution in [0.15, 0.2) is 35.3 Å². The third-order valence-corrected chi connectivity index (χ3v) is 2.96. The van der Waals surface area contributed by atoms with Crippen LogP contribution in [0.4, 0.5) is 11.4 Å². The summed E-state index contributed by atoms with van der Waals surface area (Å²) in [5.74, 6) is -0.333. The van der Waals surface area contributed by atoms with Crippen molar-refractivity contribution in [3.8, 4) is 0 Å². The molecule has 0 heterocycles. The predicted molar refractivity (Wildman–Crippen MR) is 71.4 cm³/mol. The van der Waals surface area contributed by atoms with Crippen molar-refractivity contribution in [2.75, 3.05) is 16.3 Å². The molecule has 0 fully saturated rings. The van der Waals surface area contributed by atoms with E-state index in [1.54, 1.807) is 18.2 Å². The summed E-state index contributed by atoms with van der Waals surface area (Å²) in [5.41, 5.74) is 0.949. The van der Waals surface area contributed by atoms with Gasteiger partial charge in [0.2, 0.25) is 15.9 Å². The van der Waals surface area contributed by atoms with Crippen LogP contribution < -0.4 is 10.0 Å². The molecule has 0 radical (unpaired) electrons. The maximum Gasteiger partial charge on any atom is 0.247 e. The van der Waals surface area contributed by atoms with Crippen LogP contribution in [-0.2, 0) is 14.8 Å². The lowest BCUT2D eigenvalue weighted by molar-refractivity contribution is -0.111. The first-order valence-corrected chi connectivity index (χ1v) is 7.21. The minimum Gasteiger partial charge on any atom is -0.322 e. The molecule has 0 spiro atoms. The van der Waals surface area contributed by atoms with Gasteiger partial charge in [-0.15, -0.1) is 0 Å². The Hall–Kier alpha value is -1.34. The monoisotopic (exact) mass is 318 g/mol. The lowest BCUT2D eigenvalue weighted by Gasteiger charge is -2.08. The van der Waals surface area contributed by atoms with E-state index in [0.717, 1.165) is 12.3 Å². The molecule has 0 aliphatic carbocycles. The van der Waals surface area contributed by atoms with E-state index < -0.39 is 10.0 Å². The summed E-state index contributed by atoms with van der Waals surface area (Å²) in [4.78, 5) is 11.1. The number of rotatable bonds is 4. The van der Waals surface area contributed by atoms with Gasteiger partial charge in [0.05, 0.1) is 11.9 Å². The van der Waals surface area contributed by atoms with Crippen molar-refractivity contribution < 1.29 is 13.2 Å². The highest BCUT2D eigenvalue weighted by Crippen LogP contribution is 2.26. The normalized spacial score (nSPS) is 10.7. The first kappa shape index (κ1) is 13.7. The van der Waals surface area contributed by atoms with Gasteiger partial charge in [0.15, 0.2) is 0 Å². The van der Waals surface area contributed by atoms with Crippen LogP contribution in [0.5, 0.6) is 0 Å². The highest BCUT2D eigenvalue weighted by atomic mass is 79.9. The highest BCUT2D eigenvalue weighted by molar-refractivity contribution is 9.10. The molecule has 0 saturated heterocycles. The molecule has 2 N–H and O–H groups in total. The smallest absolute Gasteiger partial charge is 0.247 e. The van der Waals surface area contributed by atoms with E-state index in [-0.39, 0.29) is 5.91 Å².